The number of nitrogens with zero attached hydrogens (tertiary/aromatic N) is 2. The van der Waals surface area contributed by atoms with Gasteiger partial charge in [-0.15, -0.1) is 0 Å². The lowest BCUT2D eigenvalue weighted by molar-refractivity contribution is 0.0527. The molecule has 1 aromatic rings. The van der Waals surface area contributed by atoms with E-state index in [1.807, 2.05) is 27.7 Å². The molecule has 0 unspecified atom stereocenters. The normalized spacial score (nSPS) is 12.0. The topological polar surface area (TPSA) is 78.0 Å². The third kappa shape index (κ3) is 12.0. The molecule has 1 aromatic carbocycles. The summed E-state index contributed by atoms with van der Waals surface area (Å²) in [7, 11) is 2.12. The Morgan fingerprint density at radius 2 is 1.79 bits per heavy atom. The Morgan fingerprint density at radius 1 is 1.10 bits per heavy atom. The lowest BCUT2D eigenvalue weighted by atomic mass is 10.1. The number of carbonyl (C=O) groups is 1. The maximum Gasteiger partial charge on any atom is 0.407 e. The van der Waals surface area contributed by atoms with E-state index >= 15 is 0 Å². The second kappa shape index (κ2) is 13.0. The number of hydrogen-bond donors (Lipinski definition) is 3. The Balaban J connectivity index is 2.45. The fraction of sp³-hybridized carbons (Fsp3) is 0.636. The standard InChI is InChI=1S/C22H39N5O2/c1-7-23-20(24-13-10-14-25-21(28)29-22(3,4)5)26-16-18-11-9-12-19(15-18)17-27(6)8-2/h9,11-12,15H,7-8,10,13-14,16-17H2,1-6H3,(H,25,28)(H2,23,24,26). The summed E-state index contributed by atoms with van der Waals surface area (Å²) >= 11 is 0. The molecule has 0 fully saturated rings. The van der Waals surface area contributed by atoms with Gasteiger partial charge in [0.2, 0.25) is 0 Å². The number of guanidine groups is 1. The Labute approximate surface area is 176 Å². The predicted octanol–water partition coefficient (Wildman–Crippen LogP) is 3.11. The molecule has 3 N–H and O–H groups in total. The molecule has 7 nitrogen and oxygen atoms in total. The fourth-order valence-electron chi connectivity index (χ4n) is 2.56. The van der Waals surface area contributed by atoms with Crippen molar-refractivity contribution in [2.24, 2.45) is 4.99 Å². The van der Waals surface area contributed by atoms with Crippen LogP contribution in [0.2, 0.25) is 0 Å². The third-order valence-corrected chi connectivity index (χ3v) is 4.06. The van der Waals surface area contributed by atoms with Gasteiger partial charge in [0.15, 0.2) is 5.96 Å². The van der Waals surface area contributed by atoms with Crippen LogP contribution in [0, 0.1) is 0 Å². The van der Waals surface area contributed by atoms with Gasteiger partial charge in [0.25, 0.3) is 0 Å². The molecule has 1 rings (SSSR count). The van der Waals surface area contributed by atoms with Gasteiger partial charge in [-0.2, -0.15) is 0 Å². The quantitative estimate of drug-likeness (QED) is 0.317. The molecule has 0 aliphatic rings. The SMILES string of the molecule is CCNC(=NCc1cccc(CN(C)CC)c1)NCCCNC(=O)OC(C)(C)C. The van der Waals surface area contributed by atoms with Crippen LogP contribution in [0.5, 0.6) is 0 Å². The van der Waals surface area contributed by atoms with Crippen molar-refractivity contribution >= 4 is 12.1 Å². The summed E-state index contributed by atoms with van der Waals surface area (Å²) < 4.78 is 5.22. The van der Waals surface area contributed by atoms with Gasteiger partial charge in [-0.3, -0.25) is 0 Å². The van der Waals surface area contributed by atoms with Crippen LogP contribution < -0.4 is 16.0 Å². The molecule has 164 valence electrons. The lowest BCUT2D eigenvalue weighted by Crippen LogP contribution is -2.39. The Kier molecular flexibility index (Phi) is 11.1. The summed E-state index contributed by atoms with van der Waals surface area (Å²) in [5, 5.41) is 9.33. The number of alkyl carbamates (subject to hydrolysis) is 1. The highest BCUT2D eigenvalue weighted by atomic mass is 16.6. The van der Waals surface area contributed by atoms with Crippen LogP contribution >= 0.6 is 0 Å². The minimum absolute atomic E-state index is 0.383. The number of nitrogens with one attached hydrogen (secondary N) is 3. The minimum atomic E-state index is -0.476. The smallest absolute Gasteiger partial charge is 0.407 e. The first kappa shape index (κ1) is 24.8. The average Bonchev–Trinajstić information content (AvgIpc) is 2.64. The number of ether oxygens (including phenoxy) is 1. The monoisotopic (exact) mass is 405 g/mol. The van der Waals surface area contributed by atoms with Crippen molar-refractivity contribution in [1.29, 1.82) is 0 Å². The third-order valence-electron chi connectivity index (χ3n) is 4.06. The number of benzene rings is 1. The molecule has 0 atom stereocenters. The summed E-state index contributed by atoms with van der Waals surface area (Å²) in [4.78, 5) is 18.6. The summed E-state index contributed by atoms with van der Waals surface area (Å²) in [5.41, 5.74) is 2.01. The second-order valence-corrected chi connectivity index (χ2v) is 8.05. The zero-order chi connectivity index (χ0) is 21.7. The van der Waals surface area contributed by atoms with Crippen LogP contribution in [-0.2, 0) is 17.8 Å². The number of carbonyl (C=O) groups excluding carboxylic acids is 1. The number of hydrogen-bond acceptors (Lipinski definition) is 4. The Morgan fingerprint density at radius 3 is 2.45 bits per heavy atom. The summed E-state index contributed by atoms with van der Waals surface area (Å²) in [6.07, 6.45) is 0.398. The van der Waals surface area contributed by atoms with Crippen molar-refractivity contribution in [1.82, 2.24) is 20.9 Å². The largest absolute Gasteiger partial charge is 0.444 e. The summed E-state index contributed by atoms with van der Waals surface area (Å²) in [6.45, 7) is 14.4. The lowest BCUT2D eigenvalue weighted by Gasteiger charge is -2.19. The molecule has 0 aliphatic carbocycles. The highest BCUT2D eigenvalue weighted by molar-refractivity contribution is 5.79. The van der Waals surface area contributed by atoms with Crippen molar-refractivity contribution < 1.29 is 9.53 Å². The molecule has 0 aromatic heterocycles. The van der Waals surface area contributed by atoms with Crippen LogP contribution in [0.3, 0.4) is 0 Å². The Hall–Kier alpha value is -2.28. The molecule has 0 radical (unpaired) electrons. The minimum Gasteiger partial charge on any atom is -0.444 e. The van der Waals surface area contributed by atoms with E-state index in [0.29, 0.717) is 19.6 Å². The molecule has 0 saturated heterocycles. The van der Waals surface area contributed by atoms with E-state index in [2.05, 4.69) is 64.1 Å². The van der Waals surface area contributed by atoms with Crippen LogP contribution in [0.15, 0.2) is 29.3 Å². The molecule has 1 amide bonds. The number of amides is 1. The maximum atomic E-state index is 11.6. The van der Waals surface area contributed by atoms with E-state index in [1.165, 1.54) is 11.1 Å². The first-order valence-corrected chi connectivity index (χ1v) is 10.5. The second-order valence-electron chi connectivity index (χ2n) is 8.05. The van der Waals surface area contributed by atoms with E-state index in [4.69, 9.17) is 4.74 Å². The van der Waals surface area contributed by atoms with E-state index in [0.717, 1.165) is 32.0 Å². The van der Waals surface area contributed by atoms with Gasteiger partial charge < -0.3 is 25.6 Å². The summed E-state index contributed by atoms with van der Waals surface area (Å²) in [6, 6.07) is 8.56. The van der Waals surface area contributed by atoms with E-state index in [-0.39, 0.29) is 6.09 Å². The van der Waals surface area contributed by atoms with Gasteiger partial charge in [0.1, 0.15) is 5.60 Å². The zero-order valence-corrected chi connectivity index (χ0v) is 19.0. The van der Waals surface area contributed by atoms with Gasteiger partial charge in [0, 0.05) is 26.2 Å². The fourth-order valence-corrected chi connectivity index (χ4v) is 2.56. The molecular formula is C22H39N5O2. The maximum absolute atomic E-state index is 11.6. The van der Waals surface area contributed by atoms with Crippen molar-refractivity contribution in [2.45, 2.75) is 59.7 Å². The highest BCUT2D eigenvalue weighted by Gasteiger charge is 2.15. The zero-order valence-electron chi connectivity index (χ0n) is 19.0. The van der Waals surface area contributed by atoms with E-state index in [9.17, 15) is 4.79 Å². The van der Waals surface area contributed by atoms with E-state index in [1.54, 1.807) is 0 Å². The highest BCUT2D eigenvalue weighted by Crippen LogP contribution is 2.09. The number of rotatable bonds is 10. The molecule has 0 bridgehead atoms. The van der Waals surface area contributed by atoms with Gasteiger partial charge in [-0.1, -0.05) is 31.2 Å². The number of aliphatic imine (C=N–C) groups is 1. The van der Waals surface area contributed by atoms with E-state index < -0.39 is 5.60 Å². The average molecular weight is 406 g/mol. The van der Waals surface area contributed by atoms with Gasteiger partial charge in [0.05, 0.1) is 6.54 Å². The van der Waals surface area contributed by atoms with Crippen LogP contribution in [0.1, 0.15) is 52.2 Å². The molecular weight excluding hydrogens is 366 g/mol. The van der Waals surface area contributed by atoms with Gasteiger partial charge in [-0.25, -0.2) is 9.79 Å². The molecule has 0 heterocycles. The molecule has 29 heavy (non-hydrogen) atoms. The van der Waals surface area contributed by atoms with Gasteiger partial charge in [-0.05, 0) is 58.8 Å². The van der Waals surface area contributed by atoms with Crippen molar-refractivity contribution in [3.8, 4) is 0 Å². The van der Waals surface area contributed by atoms with Gasteiger partial charge >= 0.3 is 6.09 Å². The van der Waals surface area contributed by atoms with Crippen molar-refractivity contribution in [2.75, 3.05) is 33.2 Å². The molecule has 0 aliphatic heterocycles. The predicted molar refractivity (Wildman–Crippen MR) is 120 cm³/mol. The van der Waals surface area contributed by atoms with Crippen molar-refractivity contribution in [3.63, 3.8) is 0 Å². The van der Waals surface area contributed by atoms with Crippen molar-refractivity contribution in [3.05, 3.63) is 35.4 Å². The molecule has 7 heteroatoms. The Bertz CT molecular complexity index is 640. The van der Waals surface area contributed by atoms with Crippen LogP contribution in [-0.4, -0.2) is 55.8 Å². The first-order chi connectivity index (χ1) is 13.7. The van der Waals surface area contributed by atoms with Crippen LogP contribution in [0.25, 0.3) is 0 Å². The molecule has 0 spiro atoms. The van der Waals surface area contributed by atoms with Crippen LogP contribution in [0.4, 0.5) is 4.79 Å². The summed E-state index contributed by atoms with van der Waals surface area (Å²) in [5.74, 6) is 0.779. The molecule has 0 saturated carbocycles. The first-order valence-electron chi connectivity index (χ1n) is 10.5.